The monoisotopic (exact) mass is 379 g/mol. The molecule has 0 aromatic rings. The van der Waals surface area contributed by atoms with Gasteiger partial charge in [0.05, 0.1) is 12.7 Å². The summed E-state index contributed by atoms with van der Waals surface area (Å²) < 4.78 is 5.72. The van der Waals surface area contributed by atoms with Crippen molar-refractivity contribution in [1.82, 2.24) is 14.7 Å². The van der Waals surface area contributed by atoms with Crippen LogP contribution in [0.4, 0.5) is 0 Å². The van der Waals surface area contributed by atoms with Crippen molar-refractivity contribution in [1.29, 1.82) is 0 Å². The van der Waals surface area contributed by atoms with Crippen LogP contribution in [0, 0.1) is 5.92 Å². The first-order chi connectivity index (χ1) is 13.2. The van der Waals surface area contributed by atoms with Gasteiger partial charge in [-0.2, -0.15) is 0 Å². The minimum atomic E-state index is 0.362. The first kappa shape index (κ1) is 21.5. The molecule has 3 heterocycles. The van der Waals surface area contributed by atoms with E-state index < -0.39 is 0 Å². The van der Waals surface area contributed by atoms with Crippen LogP contribution in [0.3, 0.4) is 0 Å². The van der Waals surface area contributed by atoms with Gasteiger partial charge in [-0.3, -0.25) is 0 Å². The van der Waals surface area contributed by atoms with Crippen LogP contribution in [0.2, 0.25) is 0 Å². The smallest absolute Gasteiger partial charge is 0.0596 e. The molecule has 3 saturated heterocycles. The van der Waals surface area contributed by atoms with Crippen molar-refractivity contribution in [3.8, 4) is 0 Å². The lowest BCUT2D eigenvalue weighted by atomic mass is 9.90. The van der Waals surface area contributed by atoms with Gasteiger partial charge in [0.25, 0.3) is 0 Å². The van der Waals surface area contributed by atoms with Crippen LogP contribution in [0.25, 0.3) is 0 Å². The van der Waals surface area contributed by atoms with E-state index in [9.17, 15) is 0 Å². The maximum Gasteiger partial charge on any atom is 0.0596 e. The fraction of sp³-hybridized carbons (Fsp3) is 1.00. The molecule has 0 N–H and O–H groups in total. The third-order valence-electron chi connectivity index (χ3n) is 7.29. The van der Waals surface area contributed by atoms with Gasteiger partial charge < -0.3 is 19.4 Å². The van der Waals surface area contributed by atoms with Gasteiger partial charge in [-0.25, -0.2) is 0 Å². The van der Waals surface area contributed by atoms with Crippen molar-refractivity contribution in [2.24, 2.45) is 5.92 Å². The Hall–Kier alpha value is -0.160. The Labute approximate surface area is 168 Å². The number of hydrogen-bond acceptors (Lipinski definition) is 4. The summed E-state index contributed by atoms with van der Waals surface area (Å²) in [6, 6.07) is 1.71. The second-order valence-corrected chi connectivity index (χ2v) is 9.53. The van der Waals surface area contributed by atoms with Crippen LogP contribution in [0.1, 0.15) is 72.1 Å². The first-order valence-electron chi connectivity index (χ1n) is 12.0. The highest BCUT2D eigenvalue weighted by Gasteiger charge is 2.31. The zero-order valence-corrected chi connectivity index (χ0v) is 18.4. The molecule has 0 bridgehead atoms. The van der Waals surface area contributed by atoms with Crippen LogP contribution in [-0.4, -0.2) is 85.3 Å². The summed E-state index contributed by atoms with van der Waals surface area (Å²) in [4.78, 5) is 8.26. The van der Waals surface area contributed by atoms with E-state index in [0.29, 0.717) is 6.10 Å². The highest BCUT2D eigenvalue weighted by molar-refractivity contribution is 4.87. The SMILES string of the molecule is CCCC1CCN(C2CCN(C3CCN(CCOC(C)C)CC3)CC2)CC1. The second kappa shape index (κ2) is 11.1. The molecule has 0 aromatic heterocycles. The van der Waals surface area contributed by atoms with Crippen molar-refractivity contribution in [3.63, 3.8) is 0 Å². The Bertz CT molecular complexity index is 392. The van der Waals surface area contributed by atoms with E-state index in [1.165, 1.54) is 90.6 Å². The summed E-state index contributed by atoms with van der Waals surface area (Å²) in [6.07, 6.45) is 11.6. The summed E-state index contributed by atoms with van der Waals surface area (Å²) in [7, 11) is 0. The van der Waals surface area contributed by atoms with Crippen LogP contribution in [0.5, 0.6) is 0 Å². The summed E-state index contributed by atoms with van der Waals surface area (Å²) in [5, 5.41) is 0. The van der Waals surface area contributed by atoms with E-state index in [1.807, 2.05) is 0 Å². The maximum atomic E-state index is 5.72. The van der Waals surface area contributed by atoms with Gasteiger partial charge in [0, 0.05) is 18.6 Å². The van der Waals surface area contributed by atoms with Crippen LogP contribution >= 0.6 is 0 Å². The van der Waals surface area contributed by atoms with Crippen LogP contribution in [-0.2, 0) is 4.74 Å². The average molecular weight is 380 g/mol. The number of piperidine rings is 3. The summed E-state index contributed by atoms with van der Waals surface area (Å²) in [5.74, 6) is 1.02. The number of nitrogens with zero attached hydrogens (tertiary/aromatic N) is 3. The van der Waals surface area contributed by atoms with Gasteiger partial charge in [0.1, 0.15) is 0 Å². The average Bonchev–Trinajstić information content (AvgIpc) is 2.69. The largest absolute Gasteiger partial charge is 0.377 e. The molecular formula is C23H45N3O. The van der Waals surface area contributed by atoms with Crippen molar-refractivity contribution < 1.29 is 4.74 Å². The predicted molar refractivity (Wildman–Crippen MR) is 114 cm³/mol. The molecule has 0 aromatic carbocycles. The quantitative estimate of drug-likeness (QED) is 0.637. The third kappa shape index (κ3) is 6.69. The predicted octanol–water partition coefficient (Wildman–Crippen LogP) is 3.85. The molecule has 27 heavy (non-hydrogen) atoms. The van der Waals surface area contributed by atoms with E-state index in [4.69, 9.17) is 4.74 Å². The van der Waals surface area contributed by atoms with Gasteiger partial charge >= 0.3 is 0 Å². The topological polar surface area (TPSA) is 19.0 Å². The Morgan fingerprint density at radius 3 is 1.81 bits per heavy atom. The number of rotatable bonds is 8. The molecule has 158 valence electrons. The van der Waals surface area contributed by atoms with Gasteiger partial charge in [-0.1, -0.05) is 19.8 Å². The van der Waals surface area contributed by atoms with E-state index in [-0.39, 0.29) is 0 Å². The van der Waals surface area contributed by atoms with Crippen molar-refractivity contribution in [2.75, 3.05) is 52.4 Å². The minimum absolute atomic E-state index is 0.362. The van der Waals surface area contributed by atoms with Gasteiger partial charge in [-0.05, 0) is 97.6 Å². The first-order valence-corrected chi connectivity index (χ1v) is 12.0. The molecule has 3 aliphatic rings. The molecule has 3 fully saturated rings. The molecule has 0 saturated carbocycles. The summed E-state index contributed by atoms with van der Waals surface area (Å²) in [5.41, 5.74) is 0. The molecule has 4 heteroatoms. The summed E-state index contributed by atoms with van der Waals surface area (Å²) >= 11 is 0. The fourth-order valence-corrected chi connectivity index (χ4v) is 5.56. The van der Waals surface area contributed by atoms with Crippen molar-refractivity contribution >= 4 is 0 Å². The number of hydrogen-bond donors (Lipinski definition) is 0. The number of likely N-dealkylation sites (tertiary alicyclic amines) is 3. The molecule has 0 spiro atoms. The Morgan fingerprint density at radius 2 is 1.30 bits per heavy atom. The molecule has 0 unspecified atom stereocenters. The Kier molecular flexibility index (Phi) is 8.89. The summed E-state index contributed by atoms with van der Waals surface area (Å²) in [6.45, 7) is 16.5. The van der Waals surface area contributed by atoms with E-state index in [1.54, 1.807) is 0 Å². The zero-order valence-electron chi connectivity index (χ0n) is 18.4. The van der Waals surface area contributed by atoms with Crippen LogP contribution in [0.15, 0.2) is 0 Å². The third-order valence-corrected chi connectivity index (χ3v) is 7.29. The Balaban J connectivity index is 1.31. The molecule has 4 nitrogen and oxygen atoms in total. The highest BCUT2D eigenvalue weighted by atomic mass is 16.5. The van der Waals surface area contributed by atoms with E-state index >= 15 is 0 Å². The molecule has 3 rings (SSSR count). The van der Waals surface area contributed by atoms with Gasteiger partial charge in [-0.15, -0.1) is 0 Å². The molecular weight excluding hydrogens is 334 g/mol. The van der Waals surface area contributed by atoms with Crippen LogP contribution < -0.4 is 0 Å². The molecule has 3 aliphatic heterocycles. The zero-order chi connectivity index (χ0) is 19.1. The molecule has 0 aliphatic carbocycles. The molecule has 0 amide bonds. The molecule has 0 atom stereocenters. The lowest BCUT2D eigenvalue weighted by Crippen LogP contribution is -2.52. The lowest BCUT2D eigenvalue weighted by molar-refractivity contribution is 0.0268. The van der Waals surface area contributed by atoms with Crippen molar-refractivity contribution in [2.45, 2.75) is 90.3 Å². The van der Waals surface area contributed by atoms with Crippen molar-refractivity contribution in [3.05, 3.63) is 0 Å². The Morgan fingerprint density at radius 1 is 0.778 bits per heavy atom. The fourth-order valence-electron chi connectivity index (χ4n) is 5.56. The second-order valence-electron chi connectivity index (χ2n) is 9.53. The maximum absolute atomic E-state index is 5.72. The number of ether oxygens (including phenoxy) is 1. The van der Waals surface area contributed by atoms with E-state index in [2.05, 4.69) is 35.5 Å². The lowest BCUT2D eigenvalue weighted by Gasteiger charge is -2.45. The highest BCUT2D eigenvalue weighted by Crippen LogP contribution is 2.28. The normalized spacial score (nSPS) is 26.2. The van der Waals surface area contributed by atoms with Gasteiger partial charge in [0.2, 0.25) is 0 Å². The van der Waals surface area contributed by atoms with Gasteiger partial charge in [0.15, 0.2) is 0 Å². The minimum Gasteiger partial charge on any atom is -0.377 e. The standard InChI is InChI=1S/C23H45N3O/c1-4-5-21-6-14-25(15-7-21)23-10-16-26(17-11-23)22-8-12-24(13-9-22)18-19-27-20(2)3/h20-23H,4-19H2,1-3H3. The van der Waals surface area contributed by atoms with E-state index in [0.717, 1.165) is 31.2 Å². The molecule has 0 radical (unpaired) electrons.